The maximum atomic E-state index is 10.6. The lowest BCUT2D eigenvalue weighted by molar-refractivity contribution is 0.367. The first kappa shape index (κ1) is 17.5. The van der Waals surface area contributed by atoms with Crippen molar-refractivity contribution in [3.63, 3.8) is 0 Å². The molecule has 0 aliphatic carbocycles. The van der Waals surface area contributed by atoms with Crippen molar-refractivity contribution in [2.24, 2.45) is 4.99 Å². The molecule has 0 spiro atoms. The topological polar surface area (TPSA) is 41.8 Å². The fourth-order valence-corrected chi connectivity index (χ4v) is 4.22. The maximum Gasteiger partial charge on any atom is 0.161 e. The van der Waals surface area contributed by atoms with Gasteiger partial charge in [0, 0.05) is 24.0 Å². The molecule has 0 aromatic heterocycles. The van der Waals surface area contributed by atoms with Crippen LogP contribution in [0, 0.1) is 0 Å². The number of phenols is 1. The van der Waals surface area contributed by atoms with Gasteiger partial charge >= 0.3 is 0 Å². The van der Waals surface area contributed by atoms with E-state index in [-0.39, 0.29) is 10.9 Å². The average Bonchev–Trinajstić information content (AvgIpc) is 2.57. The zero-order valence-electron chi connectivity index (χ0n) is 14.1. The van der Waals surface area contributed by atoms with Gasteiger partial charge in [-0.15, -0.1) is 0 Å². The van der Waals surface area contributed by atoms with Crippen LogP contribution in [0.1, 0.15) is 31.4 Å². The third-order valence-corrected chi connectivity index (χ3v) is 6.06. The summed E-state index contributed by atoms with van der Waals surface area (Å²) >= 11 is 0. The minimum Gasteiger partial charge on any atom is -0.504 e. The van der Waals surface area contributed by atoms with Crippen LogP contribution in [0.3, 0.4) is 0 Å². The van der Waals surface area contributed by atoms with Crippen molar-refractivity contribution in [3.05, 3.63) is 53.6 Å². The maximum absolute atomic E-state index is 10.6. The monoisotopic (exact) mass is 329 g/mol. The van der Waals surface area contributed by atoms with Crippen molar-refractivity contribution in [2.45, 2.75) is 25.4 Å². The van der Waals surface area contributed by atoms with Crippen molar-refractivity contribution < 1.29 is 9.84 Å². The molecule has 122 valence electrons. The number of benzene rings is 2. The van der Waals surface area contributed by atoms with Crippen molar-refractivity contribution >= 4 is 20.1 Å². The number of nitrogens with zero attached hydrogens (tertiary/aromatic N) is 1. The van der Waals surface area contributed by atoms with E-state index in [1.165, 1.54) is 5.30 Å². The quantitative estimate of drug-likeness (QED) is 0.641. The fourth-order valence-electron chi connectivity index (χ4n) is 2.64. The molecule has 0 saturated carbocycles. The summed E-state index contributed by atoms with van der Waals surface area (Å²) in [4.78, 5) is 4.15. The zero-order valence-corrected chi connectivity index (χ0v) is 15.1. The summed E-state index contributed by atoms with van der Waals surface area (Å²) in [5.41, 5.74) is 2.07. The smallest absolute Gasteiger partial charge is 0.161 e. The lowest BCUT2D eigenvalue weighted by Crippen LogP contribution is -2.20. The Labute approximate surface area is 140 Å². The van der Waals surface area contributed by atoms with Crippen LogP contribution in [0.4, 0.5) is 0 Å². The standard InChI is InChI=1S/C19H24NO2P/c1-5-19(2,15-10-8-11-16(22-4)18(15)21)23-17-12-7-6-9-14(17)13-20-3/h6-13,21,23H,5H2,1-4H3/b20-13+. The molecule has 2 aromatic carbocycles. The second kappa shape index (κ2) is 7.61. The van der Waals surface area contributed by atoms with Crippen LogP contribution in [-0.2, 0) is 5.16 Å². The predicted octanol–water partition coefficient (Wildman–Crippen LogP) is 4.08. The number of phenolic OH excluding ortho intramolecular Hbond substituents is 1. The number of ether oxygens (including phenoxy) is 1. The predicted molar refractivity (Wildman–Crippen MR) is 100 cm³/mol. The van der Waals surface area contributed by atoms with Gasteiger partial charge in [-0.1, -0.05) is 58.8 Å². The van der Waals surface area contributed by atoms with Gasteiger partial charge in [0.1, 0.15) is 0 Å². The minimum absolute atomic E-state index is 0.156. The van der Waals surface area contributed by atoms with Gasteiger partial charge in [0.25, 0.3) is 0 Å². The molecule has 2 rings (SSSR count). The summed E-state index contributed by atoms with van der Waals surface area (Å²) in [7, 11) is 3.89. The third kappa shape index (κ3) is 3.73. The summed E-state index contributed by atoms with van der Waals surface area (Å²) < 4.78 is 5.27. The SMILES string of the molecule is CCC(C)(Pc1ccccc1/C=N/C)c1cccc(OC)c1O. The molecule has 0 bridgehead atoms. The van der Waals surface area contributed by atoms with Crippen LogP contribution in [0.25, 0.3) is 0 Å². The van der Waals surface area contributed by atoms with Gasteiger partial charge in [0.2, 0.25) is 0 Å². The number of aliphatic imine (C=N–C) groups is 1. The summed E-state index contributed by atoms with van der Waals surface area (Å²) in [6.07, 6.45) is 2.81. The molecule has 1 N–H and O–H groups in total. The molecule has 0 heterocycles. The second-order valence-electron chi connectivity index (χ2n) is 5.64. The largest absolute Gasteiger partial charge is 0.504 e. The van der Waals surface area contributed by atoms with E-state index in [1.807, 2.05) is 24.4 Å². The van der Waals surface area contributed by atoms with Crippen LogP contribution in [0.15, 0.2) is 47.5 Å². The Morgan fingerprint density at radius 1 is 1.22 bits per heavy atom. The fraction of sp³-hybridized carbons (Fsp3) is 0.316. The first-order valence-corrected chi connectivity index (χ1v) is 8.71. The molecule has 2 atom stereocenters. The van der Waals surface area contributed by atoms with E-state index in [9.17, 15) is 5.11 Å². The van der Waals surface area contributed by atoms with E-state index in [4.69, 9.17) is 4.74 Å². The lowest BCUT2D eigenvalue weighted by Gasteiger charge is -2.31. The van der Waals surface area contributed by atoms with Gasteiger partial charge in [0.15, 0.2) is 11.5 Å². The van der Waals surface area contributed by atoms with Gasteiger partial charge in [-0.25, -0.2) is 0 Å². The Balaban J connectivity index is 2.47. The Bertz CT molecular complexity index is 700. The summed E-state index contributed by atoms with van der Waals surface area (Å²) in [5, 5.41) is 11.7. The van der Waals surface area contributed by atoms with E-state index in [1.54, 1.807) is 20.2 Å². The van der Waals surface area contributed by atoms with E-state index in [0.717, 1.165) is 17.5 Å². The second-order valence-corrected chi connectivity index (χ2v) is 7.53. The molecule has 0 aliphatic heterocycles. The summed E-state index contributed by atoms with van der Waals surface area (Å²) in [5.74, 6) is 0.767. The van der Waals surface area contributed by atoms with Gasteiger partial charge in [-0.3, -0.25) is 4.99 Å². The van der Waals surface area contributed by atoms with Gasteiger partial charge in [0.05, 0.1) is 7.11 Å². The minimum atomic E-state index is -0.156. The molecular weight excluding hydrogens is 305 g/mol. The highest BCUT2D eigenvalue weighted by atomic mass is 31.1. The Hall–Kier alpha value is -1.86. The van der Waals surface area contributed by atoms with Gasteiger partial charge < -0.3 is 9.84 Å². The number of rotatable bonds is 6. The number of para-hydroxylation sites is 1. The molecule has 0 aliphatic rings. The molecule has 0 amide bonds. The van der Waals surface area contributed by atoms with Crippen LogP contribution in [0.5, 0.6) is 11.5 Å². The molecule has 23 heavy (non-hydrogen) atoms. The normalized spacial score (nSPS) is 14.4. The molecule has 2 unspecified atom stereocenters. The van der Waals surface area contributed by atoms with Gasteiger partial charge in [-0.2, -0.15) is 0 Å². The first-order valence-electron chi connectivity index (χ1n) is 7.71. The number of hydrogen-bond donors (Lipinski definition) is 1. The molecule has 0 fully saturated rings. The van der Waals surface area contributed by atoms with Crippen molar-refractivity contribution in [1.29, 1.82) is 0 Å². The highest BCUT2D eigenvalue weighted by Gasteiger charge is 2.29. The Morgan fingerprint density at radius 3 is 2.61 bits per heavy atom. The number of methoxy groups -OCH3 is 1. The van der Waals surface area contributed by atoms with E-state index in [2.05, 4.69) is 37.0 Å². The van der Waals surface area contributed by atoms with Crippen molar-refractivity contribution in [2.75, 3.05) is 14.2 Å². The first-order chi connectivity index (χ1) is 11.1. The number of hydrogen-bond acceptors (Lipinski definition) is 3. The molecule has 0 saturated heterocycles. The third-order valence-electron chi connectivity index (χ3n) is 4.16. The van der Waals surface area contributed by atoms with Gasteiger partial charge in [-0.05, 0) is 23.4 Å². The molecule has 3 nitrogen and oxygen atoms in total. The van der Waals surface area contributed by atoms with Crippen LogP contribution in [-0.4, -0.2) is 25.5 Å². The summed E-state index contributed by atoms with van der Waals surface area (Å²) in [6.45, 7) is 4.35. The molecular formula is C19H24NO2P. The Kier molecular flexibility index (Phi) is 5.79. The zero-order chi connectivity index (χ0) is 16.9. The highest BCUT2D eigenvalue weighted by Crippen LogP contribution is 2.49. The number of aromatic hydroxyl groups is 1. The Morgan fingerprint density at radius 2 is 1.96 bits per heavy atom. The van der Waals surface area contributed by atoms with Crippen LogP contribution < -0.4 is 10.0 Å². The van der Waals surface area contributed by atoms with Crippen LogP contribution >= 0.6 is 8.58 Å². The summed E-state index contributed by atoms with van der Waals surface area (Å²) in [6, 6.07) is 14.0. The van der Waals surface area contributed by atoms with E-state index < -0.39 is 0 Å². The van der Waals surface area contributed by atoms with E-state index in [0.29, 0.717) is 14.3 Å². The molecule has 2 aromatic rings. The lowest BCUT2D eigenvalue weighted by atomic mass is 9.96. The van der Waals surface area contributed by atoms with Crippen LogP contribution in [0.2, 0.25) is 0 Å². The average molecular weight is 329 g/mol. The molecule has 0 radical (unpaired) electrons. The van der Waals surface area contributed by atoms with Crippen molar-refractivity contribution in [3.8, 4) is 11.5 Å². The van der Waals surface area contributed by atoms with E-state index >= 15 is 0 Å². The van der Waals surface area contributed by atoms with Crippen molar-refractivity contribution in [1.82, 2.24) is 0 Å². The molecule has 4 heteroatoms. The highest BCUT2D eigenvalue weighted by molar-refractivity contribution is 7.48.